The molecule has 1 saturated heterocycles. The van der Waals surface area contributed by atoms with Crippen LogP contribution in [-0.4, -0.2) is 40.3 Å². The lowest BCUT2D eigenvalue weighted by atomic mass is 9.95. The first-order valence-electron chi connectivity index (χ1n) is 10.2. The van der Waals surface area contributed by atoms with Crippen molar-refractivity contribution in [2.24, 2.45) is 0 Å². The normalized spacial score (nSPS) is 17.7. The summed E-state index contributed by atoms with van der Waals surface area (Å²) in [5.74, 6) is -0.881. The number of ether oxygens (including phenoxy) is 1. The van der Waals surface area contributed by atoms with E-state index < -0.39 is 17.7 Å². The van der Waals surface area contributed by atoms with Crippen LogP contribution >= 0.6 is 15.9 Å². The molecule has 2 heterocycles. The lowest BCUT2D eigenvalue weighted by molar-refractivity contribution is -0.695. The van der Waals surface area contributed by atoms with Gasteiger partial charge in [-0.05, 0) is 29.8 Å². The second-order valence-electron chi connectivity index (χ2n) is 7.48. The molecule has 0 aliphatic carbocycles. The summed E-state index contributed by atoms with van der Waals surface area (Å²) in [7, 11) is 1.56. The zero-order valence-corrected chi connectivity index (χ0v) is 19.1. The molecule has 1 atom stereocenters. The van der Waals surface area contributed by atoms with Crippen LogP contribution in [0.3, 0.4) is 0 Å². The largest absolute Gasteiger partial charge is 0.507 e. The first-order valence-corrected chi connectivity index (χ1v) is 11.0. The minimum absolute atomic E-state index is 0.0832. The number of ketones is 1. The summed E-state index contributed by atoms with van der Waals surface area (Å²) < 4.78 is 8.17. The number of aryl methyl sites for hydroxylation is 1. The van der Waals surface area contributed by atoms with Crippen LogP contribution in [0.15, 0.2) is 77.3 Å². The van der Waals surface area contributed by atoms with Crippen molar-refractivity contribution in [3.8, 4) is 5.75 Å². The van der Waals surface area contributed by atoms with Crippen molar-refractivity contribution in [3.63, 3.8) is 0 Å². The van der Waals surface area contributed by atoms with E-state index in [0.717, 1.165) is 4.47 Å². The van der Waals surface area contributed by atoms with E-state index in [2.05, 4.69) is 20.9 Å². The fourth-order valence-electron chi connectivity index (χ4n) is 3.92. The van der Waals surface area contributed by atoms with E-state index in [-0.39, 0.29) is 11.3 Å². The van der Waals surface area contributed by atoms with Crippen molar-refractivity contribution in [2.75, 3.05) is 13.7 Å². The number of likely N-dealkylation sites (tertiary alicyclic amines) is 1. The second kappa shape index (κ2) is 9.40. The fourth-order valence-corrected chi connectivity index (χ4v) is 4.18. The maximum Gasteiger partial charge on any atom is 0.295 e. The summed E-state index contributed by atoms with van der Waals surface area (Å²) in [5.41, 5.74) is 1.26. The third-order valence-electron chi connectivity index (χ3n) is 5.49. The van der Waals surface area contributed by atoms with Gasteiger partial charge in [0, 0.05) is 23.0 Å². The van der Waals surface area contributed by atoms with Gasteiger partial charge in [0.15, 0.2) is 0 Å². The number of imidazole rings is 1. The molecule has 2 aromatic carbocycles. The molecule has 2 N–H and O–H groups in total. The monoisotopic (exact) mass is 496 g/mol. The van der Waals surface area contributed by atoms with E-state index in [9.17, 15) is 14.7 Å². The minimum atomic E-state index is -0.704. The van der Waals surface area contributed by atoms with Crippen LogP contribution in [0.2, 0.25) is 0 Å². The predicted octanol–water partition coefficient (Wildman–Crippen LogP) is 3.59. The van der Waals surface area contributed by atoms with Crippen LogP contribution in [0.1, 0.15) is 23.6 Å². The molecule has 32 heavy (non-hydrogen) atoms. The minimum Gasteiger partial charge on any atom is -0.507 e. The molecule has 0 bridgehead atoms. The van der Waals surface area contributed by atoms with Gasteiger partial charge in [-0.15, -0.1) is 0 Å². The Morgan fingerprint density at radius 2 is 2.00 bits per heavy atom. The Kier molecular flexibility index (Phi) is 6.41. The second-order valence-corrected chi connectivity index (χ2v) is 8.39. The number of aliphatic hydroxyl groups is 1. The number of Topliss-reactive ketones (excluding diaryl/α,β-unsaturated/α-hetero) is 1. The Bertz CT molecular complexity index is 1160. The predicted molar refractivity (Wildman–Crippen MR) is 122 cm³/mol. The molecule has 164 valence electrons. The molecule has 0 radical (unpaired) electrons. The molecule has 1 fully saturated rings. The highest BCUT2D eigenvalue weighted by molar-refractivity contribution is 9.10. The van der Waals surface area contributed by atoms with Gasteiger partial charge in [-0.25, -0.2) is 4.57 Å². The number of rotatable bonds is 7. The third kappa shape index (κ3) is 4.31. The first kappa shape index (κ1) is 21.8. The number of aromatic amines is 1. The number of aliphatic hydroxyl groups excluding tert-OH is 1. The Morgan fingerprint density at radius 1 is 1.22 bits per heavy atom. The summed E-state index contributed by atoms with van der Waals surface area (Å²) in [6.45, 7) is 1.05. The molecule has 1 unspecified atom stereocenters. The number of halogens is 1. The Balaban J connectivity index is 1.74. The van der Waals surface area contributed by atoms with Crippen LogP contribution < -0.4 is 9.30 Å². The van der Waals surface area contributed by atoms with Gasteiger partial charge in [0.2, 0.25) is 6.33 Å². The highest BCUT2D eigenvalue weighted by Crippen LogP contribution is 2.40. The zero-order valence-electron chi connectivity index (χ0n) is 17.5. The molecular weight excluding hydrogens is 474 g/mol. The maximum absolute atomic E-state index is 13.1. The molecule has 0 saturated carbocycles. The number of aromatic nitrogens is 2. The van der Waals surface area contributed by atoms with E-state index in [1.54, 1.807) is 43.5 Å². The summed E-state index contributed by atoms with van der Waals surface area (Å²) >= 11 is 3.37. The Hall–Kier alpha value is -3.39. The quantitative estimate of drug-likeness (QED) is 0.226. The number of hydrogen-bond acceptors (Lipinski definition) is 4. The summed E-state index contributed by atoms with van der Waals surface area (Å²) in [6.07, 6.45) is 6.21. The summed E-state index contributed by atoms with van der Waals surface area (Å²) in [6, 6.07) is 13.5. The molecule has 7 nitrogen and oxygen atoms in total. The molecule has 0 spiro atoms. The van der Waals surface area contributed by atoms with Crippen LogP contribution in [0.4, 0.5) is 0 Å². The van der Waals surface area contributed by atoms with Crippen molar-refractivity contribution in [1.82, 2.24) is 9.88 Å². The van der Waals surface area contributed by atoms with E-state index >= 15 is 0 Å². The molecule has 1 aliphatic rings. The molecule has 1 aliphatic heterocycles. The summed E-state index contributed by atoms with van der Waals surface area (Å²) in [4.78, 5) is 30.6. The van der Waals surface area contributed by atoms with Crippen molar-refractivity contribution < 1.29 is 24.0 Å². The molecule has 1 amide bonds. The van der Waals surface area contributed by atoms with E-state index in [0.29, 0.717) is 36.4 Å². The van der Waals surface area contributed by atoms with Crippen molar-refractivity contribution in [1.29, 1.82) is 0 Å². The number of H-pyrrole nitrogens is 1. The van der Waals surface area contributed by atoms with Gasteiger partial charge < -0.3 is 14.7 Å². The number of methoxy groups -OCH3 is 1. The highest BCUT2D eigenvalue weighted by Gasteiger charge is 2.45. The van der Waals surface area contributed by atoms with Gasteiger partial charge in [-0.3, -0.25) is 14.6 Å². The van der Waals surface area contributed by atoms with Gasteiger partial charge >= 0.3 is 0 Å². The van der Waals surface area contributed by atoms with Crippen LogP contribution in [0.5, 0.6) is 5.75 Å². The molecular formula is C24H23BrN3O4+. The van der Waals surface area contributed by atoms with Crippen LogP contribution in [0, 0.1) is 0 Å². The maximum atomic E-state index is 13.1. The van der Waals surface area contributed by atoms with Gasteiger partial charge in [0.25, 0.3) is 11.7 Å². The summed E-state index contributed by atoms with van der Waals surface area (Å²) in [5, 5.41) is 11.1. The number of amides is 1. The zero-order chi connectivity index (χ0) is 22.7. The van der Waals surface area contributed by atoms with E-state index in [4.69, 9.17) is 4.74 Å². The van der Waals surface area contributed by atoms with Gasteiger partial charge in [-0.2, -0.15) is 0 Å². The topological polar surface area (TPSA) is 86.5 Å². The highest BCUT2D eigenvalue weighted by atomic mass is 79.9. The smallest absolute Gasteiger partial charge is 0.295 e. The van der Waals surface area contributed by atoms with Crippen LogP contribution in [-0.2, 0) is 16.1 Å². The Morgan fingerprint density at radius 3 is 2.69 bits per heavy atom. The fraction of sp³-hybridized carbons (Fsp3) is 0.208. The lowest BCUT2D eigenvalue weighted by Gasteiger charge is -2.25. The number of carbonyl (C=O) groups excluding carboxylic acids is 2. The molecule has 4 rings (SSSR count). The molecule has 1 aromatic heterocycles. The number of nitrogens with zero attached hydrogens (tertiary/aromatic N) is 2. The van der Waals surface area contributed by atoms with Gasteiger partial charge in [0.1, 0.15) is 23.9 Å². The standard InChI is InChI=1S/C24H22BrN3O4/c1-32-19-5-2-4-17(14-19)21-20(22(29)16-6-8-18(25)9-7-16)23(30)24(31)28(21)12-3-11-27-13-10-26-15-27/h2,4-10,13-15,21H,3,11-12H2,1H3,(H,29,30)/p+1. The number of carbonyl (C=O) groups is 2. The Labute approximate surface area is 194 Å². The SMILES string of the molecule is COc1cccc(C2C(=C(O)c3ccc(Br)cc3)C(=O)C(=O)N2CCC[n+]2cc[nH]c2)c1. The van der Waals surface area contributed by atoms with E-state index in [1.807, 2.05) is 35.4 Å². The number of hydrogen-bond donors (Lipinski definition) is 2. The average molecular weight is 497 g/mol. The number of benzene rings is 2. The van der Waals surface area contributed by atoms with Crippen LogP contribution in [0.25, 0.3) is 5.76 Å². The van der Waals surface area contributed by atoms with Crippen molar-refractivity contribution in [3.05, 3.63) is 88.4 Å². The van der Waals surface area contributed by atoms with Crippen molar-refractivity contribution in [2.45, 2.75) is 19.0 Å². The van der Waals surface area contributed by atoms with Crippen molar-refractivity contribution >= 4 is 33.4 Å². The molecule has 8 heteroatoms. The first-order chi connectivity index (χ1) is 15.5. The van der Waals surface area contributed by atoms with E-state index in [1.165, 1.54) is 4.90 Å². The third-order valence-corrected chi connectivity index (χ3v) is 6.01. The number of nitrogens with one attached hydrogen (secondary N) is 1. The van der Waals surface area contributed by atoms with Gasteiger partial charge in [0.05, 0.1) is 25.3 Å². The van der Waals surface area contributed by atoms with Gasteiger partial charge in [-0.1, -0.05) is 40.2 Å². The lowest BCUT2D eigenvalue weighted by Crippen LogP contribution is -2.36. The molecule has 3 aromatic rings. The average Bonchev–Trinajstić information content (AvgIpc) is 3.41.